The number of rotatable bonds is 28. The molecule has 3 unspecified atom stereocenters. The first-order valence-electron chi connectivity index (χ1n) is 22.3. The summed E-state index contributed by atoms with van der Waals surface area (Å²) in [5.41, 5.74) is 3.91. The smallest absolute Gasteiger partial charge is 0.224 e. The number of anilines is 2. The molecule has 13 nitrogen and oxygen atoms in total. The van der Waals surface area contributed by atoms with Gasteiger partial charge in [0.2, 0.25) is 23.6 Å². The zero-order chi connectivity index (χ0) is 44.8. The summed E-state index contributed by atoms with van der Waals surface area (Å²) >= 11 is 0. The number of aliphatic hydroxyl groups excluding tert-OH is 1. The minimum absolute atomic E-state index is 0.0816. The van der Waals surface area contributed by atoms with E-state index in [9.17, 15) is 24.3 Å². The molecular formula is C48H74N4O9. The van der Waals surface area contributed by atoms with Crippen molar-refractivity contribution in [2.75, 3.05) is 57.8 Å². The maximum Gasteiger partial charge on any atom is 0.224 e. The lowest BCUT2D eigenvalue weighted by Gasteiger charge is -2.30. The first kappa shape index (κ1) is 49.8. The Hall–Kier alpha value is -3.88. The van der Waals surface area contributed by atoms with E-state index in [2.05, 4.69) is 42.0 Å². The van der Waals surface area contributed by atoms with Crippen LogP contribution in [0.1, 0.15) is 143 Å². The van der Waals surface area contributed by atoms with Gasteiger partial charge in [-0.05, 0) is 133 Å². The Morgan fingerprint density at radius 3 is 1.77 bits per heavy atom. The Balaban J connectivity index is 1.15. The summed E-state index contributed by atoms with van der Waals surface area (Å²) in [7, 11) is 3.43. The summed E-state index contributed by atoms with van der Waals surface area (Å²) in [6.45, 7) is 16.5. The minimum Gasteiger partial charge on any atom is -0.395 e. The molecule has 1 saturated carbocycles. The van der Waals surface area contributed by atoms with Gasteiger partial charge in [-0.15, -0.1) is 0 Å². The fourth-order valence-electron chi connectivity index (χ4n) is 7.65. The van der Waals surface area contributed by atoms with Crippen LogP contribution in [0.3, 0.4) is 0 Å². The molecule has 0 bridgehead atoms. The van der Waals surface area contributed by atoms with E-state index in [4.69, 9.17) is 18.9 Å². The third-order valence-electron chi connectivity index (χ3n) is 12.8. The predicted molar refractivity (Wildman–Crippen MR) is 240 cm³/mol. The Morgan fingerprint density at radius 2 is 1.28 bits per heavy atom. The average Bonchev–Trinajstić information content (AvgIpc) is 3.94. The molecular weight excluding hydrogens is 777 g/mol. The lowest BCUT2D eigenvalue weighted by Crippen LogP contribution is -2.37. The highest BCUT2D eigenvalue weighted by Gasteiger charge is 2.48. The van der Waals surface area contributed by atoms with Gasteiger partial charge in [-0.2, -0.15) is 0 Å². The summed E-state index contributed by atoms with van der Waals surface area (Å²) in [5.74, 6) is -0.711. The van der Waals surface area contributed by atoms with Crippen molar-refractivity contribution in [3.63, 3.8) is 0 Å². The van der Waals surface area contributed by atoms with E-state index in [1.54, 1.807) is 14.2 Å². The summed E-state index contributed by atoms with van der Waals surface area (Å²) in [6, 6.07) is 11.3. The highest BCUT2D eigenvalue weighted by Crippen LogP contribution is 2.47. The summed E-state index contributed by atoms with van der Waals surface area (Å²) in [6.07, 6.45) is 6.84. The van der Waals surface area contributed by atoms with E-state index >= 15 is 0 Å². The summed E-state index contributed by atoms with van der Waals surface area (Å²) in [4.78, 5) is 50.9. The summed E-state index contributed by atoms with van der Waals surface area (Å²) < 4.78 is 23.4. The van der Waals surface area contributed by atoms with Crippen LogP contribution in [0.5, 0.6) is 0 Å². The van der Waals surface area contributed by atoms with E-state index in [1.165, 1.54) is 0 Å². The number of hydrogen-bond acceptors (Lipinski definition) is 9. The van der Waals surface area contributed by atoms with Crippen molar-refractivity contribution in [1.29, 1.82) is 0 Å². The number of amides is 4. The molecule has 0 radical (unpaired) electrons. The van der Waals surface area contributed by atoms with E-state index in [0.717, 1.165) is 54.4 Å². The molecule has 1 fully saturated rings. The number of carbonyl (C=O) groups is 4. The molecule has 61 heavy (non-hydrogen) atoms. The highest BCUT2D eigenvalue weighted by atomic mass is 16.5. The third kappa shape index (κ3) is 15.2. The van der Waals surface area contributed by atoms with Crippen LogP contribution in [0, 0.1) is 5.92 Å². The maximum atomic E-state index is 12.9. The fourth-order valence-corrected chi connectivity index (χ4v) is 7.65. The van der Waals surface area contributed by atoms with Crippen molar-refractivity contribution >= 4 is 35.0 Å². The van der Waals surface area contributed by atoms with Crippen LogP contribution in [0.2, 0.25) is 0 Å². The lowest BCUT2D eigenvalue weighted by molar-refractivity contribution is -0.123. The lowest BCUT2D eigenvalue weighted by atomic mass is 9.97. The SMILES string of the molecule is CCC(C)(CCOC(C)(C)CCNC(=O)CCCC(=O)Nc1ccc2c(c1)C(CO)c1cc(NC(=O)CCCC(=O)NCC(C)C3(OCCC(C)(C)OC)CC3)ccc1-2)OC. The largest absolute Gasteiger partial charge is 0.395 e. The van der Waals surface area contributed by atoms with E-state index in [1.807, 2.05) is 64.1 Å². The van der Waals surface area contributed by atoms with Gasteiger partial charge in [-0.3, -0.25) is 19.2 Å². The molecule has 4 amide bonds. The molecule has 0 aliphatic heterocycles. The molecule has 2 aromatic rings. The van der Waals surface area contributed by atoms with Gasteiger partial charge < -0.3 is 45.3 Å². The van der Waals surface area contributed by atoms with Gasteiger partial charge in [0.05, 0.1) is 42.2 Å². The molecule has 5 N–H and O–H groups in total. The molecule has 0 spiro atoms. The van der Waals surface area contributed by atoms with Gasteiger partial charge in [-0.1, -0.05) is 26.0 Å². The van der Waals surface area contributed by atoms with Gasteiger partial charge in [0.1, 0.15) is 0 Å². The van der Waals surface area contributed by atoms with Crippen LogP contribution in [-0.2, 0) is 38.1 Å². The van der Waals surface area contributed by atoms with Crippen LogP contribution in [0.25, 0.3) is 11.1 Å². The molecule has 4 rings (SSSR count). The van der Waals surface area contributed by atoms with Crippen molar-refractivity contribution in [2.45, 2.75) is 154 Å². The number of ether oxygens (including phenoxy) is 4. The van der Waals surface area contributed by atoms with E-state index < -0.39 is 0 Å². The molecule has 2 aliphatic rings. The number of aliphatic hydroxyl groups is 1. The number of hydrogen-bond donors (Lipinski definition) is 5. The van der Waals surface area contributed by atoms with Gasteiger partial charge in [0.15, 0.2) is 0 Å². The van der Waals surface area contributed by atoms with Gasteiger partial charge in [0.25, 0.3) is 0 Å². The molecule has 2 aliphatic carbocycles. The first-order chi connectivity index (χ1) is 28.9. The van der Waals surface area contributed by atoms with E-state index in [0.29, 0.717) is 56.9 Å². The Labute approximate surface area is 364 Å². The monoisotopic (exact) mass is 851 g/mol. The molecule has 0 saturated heterocycles. The third-order valence-corrected chi connectivity index (χ3v) is 12.8. The normalized spacial score (nSPS) is 16.8. The molecule has 3 atom stereocenters. The predicted octanol–water partition coefficient (Wildman–Crippen LogP) is 7.63. The van der Waals surface area contributed by atoms with Crippen LogP contribution in [0.15, 0.2) is 36.4 Å². The number of fused-ring (bicyclic) bond motifs is 3. The van der Waals surface area contributed by atoms with Crippen molar-refractivity contribution in [3.05, 3.63) is 47.5 Å². The maximum absolute atomic E-state index is 12.9. The molecule has 2 aromatic carbocycles. The molecule has 13 heteroatoms. The molecule has 340 valence electrons. The second-order valence-corrected chi connectivity index (χ2v) is 18.4. The number of nitrogens with one attached hydrogen (secondary N) is 4. The zero-order valence-electron chi connectivity index (χ0n) is 38.4. The molecule has 0 aromatic heterocycles. The minimum atomic E-state index is -0.388. The Bertz CT molecular complexity index is 1790. The second-order valence-electron chi connectivity index (χ2n) is 18.4. The van der Waals surface area contributed by atoms with Crippen molar-refractivity contribution < 1.29 is 43.2 Å². The standard InChI is InChI=1S/C48H74N4O9/c1-10-47(7,59-9)25-28-60-46(5,6)23-26-49-41(54)13-11-15-43(56)51-34-17-19-36-37-20-18-35(30-39(37)40(32-53)38(36)29-34)52-44(57)16-12-14-42(55)50-31-33(2)48(21-22-48)61-27-24-45(3,4)58-8/h17-20,29-30,33,40,53H,10-16,21-28,31-32H2,1-9H3,(H,49,54)(H,50,55)(H,51,56)(H,52,57). The Kier molecular flexibility index (Phi) is 18.3. The van der Waals surface area contributed by atoms with Crippen LogP contribution in [0.4, 0.5) is 11.4 Å². The van der Waals surface area contributed by atoms with Crippen molar-refractivity contribution in [3.8, 4) is 11.1 Å². The van der Waals surface area contributed by atoms with Crippen LogP contribution < -0.4 is 21.3 Å². The highest BCUT2D eigenvalue weighted by molar-refractivity contribution is 5.94. The van der Waals surface area contributed by atoms with Crippen molar-refractivity contribution in [1.82, 2.24) is 10.6 Å². The van der Waals surface area contributed by atoms with E-state index in [-0.39, 0.29) is 90.2 Å². The van der Waals surface area contributed by atoms with Crippen LogP contribution in [-0.4, -0.2) is 98.3 Å². The second kappa shape index (κ2) is 22.5. The van der Waals surface area contributed by atoms with Crippen LogP contribution >= 0.6 is 0 Å². The fraction of sp³-hybridized carbons (Fsp3) is 0.667. The number of carbonyl (C=O) groups excluding carboxylic acids is 4. The first-order valence-corrected chi connectivity index (χ1v) is 22.3. The summed E-state index contributed by atoms with van der Waals surface area (Å²) in [5, 5.41) is 22.3. The van der Waals surface area contributed by atoms with Gasteiger partial charge >= 0.3 is 0 Å². The Morgan fingerprint density at radius 1 is 0.738 bits per heavy atom. The topological polar surface area (TPSA) is 174 Å². The number of methoxy groups -OCH3 is 2. The quantitative estimate of drug-likeness (QED) is 0.0577. The van der Waals surface area contributed by atoms with Gasteiger partial charge in [0, 0.05) is 76.2 Å². The molecule has 0 heterocycles. The van der Waals surface area contributed by atoms with Crippen molar-refractivity contribution in [2.24, 2.45) is 5.92 Å². The zero-order valence-corrected chi connectivity index (χ0v) is 38.4. The average molecular weight is 851 g/mol. The van der Waals surface area contributed by atoms with Gasteiger partial charge in [-0.25, -0.2) is 0 Å². The number of benzene rings is 2.